The Bertz CT molecular complexity index is 1520. The number of amides is 2. The molecule has 5 rings (SSSR count). The Balaban J connectivity index is 0.00000442. The molecule has 4 aromatic rings. The van der Waals surface area contributed by atoms with Crippen LogP contribution in [0.2, 0.25) is 0 Å². The molecule has 2 amide bonds. The molecule has 1 aliphatic carbocycles. The summed E-state index contributed by atoms with van der Waals surface area (Å²) in [6.07, 6.45) is -0.282. The van der Waals surface area contributed by atoms with Crippen LogP contribution in [0.15, 0.2) is 66.9 Å². The number of aromatic nitrogens is 5. The van der Waals surface area contributed by atoms with Crippen molar-refractivity contribution in [3.05, 3.63) is 78.1 Å². The summed E-state index contributed by atoms with van der Waals surface area (Å²) in [6.45, 7) is 0.570. The number of carbonyl (C=O) groups is 2. The number of alkyl halides is 3. The lowest BCUT2D eigenvalue weighted by molar-refractivity contribution is -0.141. The first-order chi connectivity index (χ1) is 20.6. The third-order valence-electron chi connectivity index (χ3n) is 7.81. The molecule has 1 fully saturated rings. The number of hydrogen-bond donors (Lipinski definition) is 3. The highest BCUT2D eigenvalue weighted by Crippen LogP contribution is 2.32. The number of rotatable bonds is 8. The lowest BCUT2D eigenvalue weighted by Gasteiger charge is -2.32. The summed E-state index contributed by atoms with van der Waals surface area (Å²) >= 11 is 0. The zero-order chi connectivity index (χ0) is 30.6. The largest absolute Gasteiger partial charge is 0.433 e. The summed E-state index contributed by atoms with van der Waals surface area (Å²) in [7, 11) is 0. The van der Waals surface area contributed by atoms with Crippen LogP contribution in [-0.4, -0.2) is 50.0 Å². The number of carbonyl (C=O) groups excluding carboxylic acids is 2. The number of H-pyrrole nitrogens is 1. The van der Waals surface area contributed by atoms with Gasteiger partial charge in [0.25, 0.3) is 5.91 Å². The van der Waals surface area contributed by atoms with E-state index in [-0.39, 0.29) is 30.7 Å². The minimum absolute atomic E-state index is 0. The molecule has 2 aromatic heterocycles. The highest BCUT2D eigenvalue weighted by molar-refractivity contribution is 6.17. The zero-order valence-electron chi connectivity index (χ0n) is 23.6. The second-order valence-electron chi connectivity index (χ2n) is 10.7. The van der Waals surface area contributed by atoms with Gasteiger partial charge in [-0.2, -0.15) is 18.4 Å². The number of anilines is 1. The number of pyridine rings is 1. The molecule has 0 saturated heterocycles. The van der Waals surface area contributed by atoms with Crippen molar-refractivity contribution in [1.82, 2.24) is 25.6 Å². The first-order valence-electron chi connectivity index (χ1n) is 13.9. The molecule has 2 aromatic carbocycles. The van der Waals surface area contributed by atoms with Gasteiger partial charge in [-0.3, -0.25) is 14.6 Å². The molecule has 14 heteroatoms. The van der Waals surface area contributed by atoms with E-state index >= 15 is 0 Å². The Morgan fingerprint density at radius 3 is 2.11 bits per heavy atom. The topological polar surface area (TPSA) is 157 Å². The Morgan fingerprint density at radius 2 is 1.57 bits per heavy atom. The molecule has 44 heavy (non-hydrogen) atoms. The van der Waals surface area contributed by atoms with Gasteiger partial charge in [-0.15, -0.1) is 22.6 Å². The van der Waals surface area contributed by atoms with Crippen LogP contribution in [0.3, 0.4) is 0 Å². The van der Waals surface area contributed by atoms with Gasteiger partial charge in [-0.25, -0.2) is 4.90 Å². The maximum absolute atomic E-state index is 13.8. The number of tetrazole rings is 1. The molecular formula is C30H32ClF3N8O2. The number of halogens is 4. The summed E-state index contributed by atoms with van der Waals surface area (Å²) in [5.41, 5.74) is 14.2. The molecule has 0 radical (unpaired) electrons. The fraction of sp³-hybridized carbons (Fsp3) is 0.333. The predicted molar refractivity (Wildman–Crippen MR) is 160 cm³/mol. The van der Waals surface area contributed by atoms with Gasteiger partial charge in [0.05, 0.1) is 11.7 Å². The summed E-state index contributed by atoms with van der Waals surface area (Å²) in [6, 6.07) is 15.0. The number of hydrogen-bond acceptors (Lipinski definition) is 8. The van der Waals surface area contributed by atoms with Gasteiger partial charge in [0.2, 0.25) is 11.7 Å². The van der Waals surface area contributed by atoms with Crippen LogP contribution in [0.4, 0.5) is 18.9 Å². The van der Waals surface area contributed by atoms with Gasteiger partial charge in [-0.05, 0) is 91.2 Å². The number of benzene rings is 2. The van der Waals surface area contributed by atoms with Crippen molar-refractivity contribution in [2.75, 3.05) is 11.4 Å². The normalized spacial score (nSPS) is 17.4. The second kappa shape index (κ2) is 14.1. The van der Waals surface area contributed by atoms with Gasteiger partial charge >= 0.3 is 6.18 Å². The highest BCUT2D eigenvalue weighted by Gasteiger charge is 2.35. The van der Waals surface area contributed by atoms with E-state index in [1.165, 1.54) is 17.2 Å². The summed E-state index contributed by atoms with van der Waals surface area (Å²) in [4.78, 5) is 32.3. The van der Waals surface area contributed by atoms with E-state index < -0.39 is 23.8 Å². The van der Waals surface area contributed by atoms with Crippen LogP contribution in [0, 0.1) is 11.8 Å². The zero-order valence-corrected chi connectivity index (χ0v) is 24.4. The number of nitrogens with one attached hydrogen (secondary N) is 1. The Hall–Kier alpha value is -4.20. The van der Waals surface area contributed by atoms with Crippen molar-refractivity contribution in [3.63, 3.8) is 0 Å². The minimum atomic E-state index is -4.51. The molecule has 232 valence electrons. The SMILES string of the molecule is Cl.NC[C@H]1CC[C@H](C(=O)N(C(=O)[C@@H](N)Cc2ccc(-c3ccc(C(F)(F)F)nc3)cc2)c2ccc(-c3nn[nH]n3)cc2)CC1. The van der Waals surface area contributed by atoms with E-state index in [0.717, 1.165) is 24.5 Å². The van der Waals surface area contributed by atoms with Crippen LogP contribution in [0.25, 0.3) is 22.5 Å². The Labute approximate surface area is 257 Å². The molecule has 1 atom stereocenters. The van der Waals surface area contributed by atoms with Crippen LogP contribution in [0.5, 0.6) is 0 Å². The molecule has 0 aliphatic heterocycles. The molecule has 0 bridgehead atoms. The standard InChI is InChI=1S/C30H31F3N8O2.ClH/c31-30(32,33)26-14-11-23(17-36-26)20-5-1-18(2-6-20)15-25(35)29(43)41(28(42)22-7-3-19(16-34)4-8-22)24-12-9-21(10-13-24)27-37-39-40-38-27;/h1-2,5-6,9-14,17,19,22,25H,3-4,7-8,15-16,34-35H2,(H,37,38,39,40);1H/t19-,22-,25-;/m0./s1. The van der Waals surface area contributed by atoms with Crippen LogP contribution >= 0.6 is 12.4 Å². The average Bonchev–Trinajstić information content (AvgIpc) is 3.57. The number of nitrogens with zero attached hydrogens (tertiary/aromatic N) is 5. The predicted octanol–water partition coefficient (Wildman–Crippen LogP) is 4.56. The second-order valence-corrected chi connectivity index (χ2v) is 10.7. The monoisotopic (exact) mass is 628 g/mol. The minimum Gasteiger partial charge on any atom is -0.330 e. The van der Waals surface area contributed by atoms with Gasteiger partial charge in [-0.1, -0.05) is 30.3 Å². The summed E-state index contributed by atoms with van der Waals surface area (Å²) in [5, 5.41) is 13.9. The molecule has 0 spiro atoms. The number of imide groups is 1. The van der Waals surface area contributed by atoms with Crippen molar-refractivity contribution in [2.24, 2.45) is 23.3 Å². The molecule has 5 N–H and O–H groups in total. The van der Waals surface area contributed by atoms with Crippen molar-refractivity contribution in [1.29, 1.82) is 0 Å². The lowest BCUT2D eigenvalue weighted by atomic mass is 9.81. The fourth-order valence-electron chi connectivity index (χ4n) is 5.31. The summed E-state index contributed by atoms with van der Waals surface area (Å²) in [5.74, 6) is -0.413. The maximum Gasteiger partial charge on any atom is 0.433 e. The first kappa shape index (κ1) is 32.7. The molecule has 1 aliphatic rings. The quantitative estimate of drug-likeness (QED) is 0.256. The van der Waals surface area contributed by atoms with Gasteiger partial charge < -0.3 is 11.5 Å². The van der Waals surface area contributed by atoms with Crippen molar-refractivity contribution in [3.8, 4) is 22.5 Å². The number of aromatic amines is 1. The van der Waals surface area contributed by atoms with Crippen molar-refractivity contribution < 1.29 is 22.8 Å². The van der Waals surface area contributed by atoms with Gasteiger partial charge in [0, 0.05) is 23.2 Å². The highest BCUT2D eigenvalue weighted by atomic mass is 35.5. The Morgan fingerprint density at radius 1 is 0.932 bits per heavy atom. The van der Waals surface area contributed by atoms with Crippen molar-refractivity contribution >= 4 is 29.9 Å². The van der Waals surface area contributed by atoms with Crippen LogP contribution in [0.1, 0.15) is 36.9 Å². The van der Waals surface area contributed by atoms with Crippen LogP contribution in [-0.2, 0) is 22.2 Å². The summed E-state index contributed by atoms with van der Waals surface area (Å²) < 4.78 is 38.5. The Kier molecular flexibility index (Phi) is 10.4. The molecule has 2 heterocycles. The molecule has 1 saturated carbocycles. The van der Waals surface area contributed by atoms with E-state index in [4.69, 9.17) is 11.5 Å². The third-order valence-corrected chi connectivity index (χ3v) is 7.81. The number of nitrogens with two attached hydrogens (primary N) is 2. The van der Waals surface area contributed by atoms with Crippen LogP contribution < -0.4 is 16.4 Å². The molecule has 10 nitrogen and oxygen atoms in total. The molecule has 0 unspecified atom stereocenters. The molecular weight excluding hydrogens is 597 g/mol. The van der Waals surface area contributed by atoms with E-state index in [1.54, 1.807) is 48.5 Å². The smallest absolute Gasteiger partial charge is 0.330 e. The van der Waals surface area contributed by atoms with E-state index in [9.17, 15) is 22.8 Å². The third kappa shape index (κ3) is 7.47. The lowest BCUT2D eigenvalue weighted by Crippen LogP contribution is -2.50. The maximum atomic E-state index is 13.8. The van der Waals surface area contributed by atoms with Gasteiger partial charge in [0.15, 0.2) is 0 Å². The van der Waals surface area contributed by atoms with Crippen molar-refractivity contribution in [2.45, 2.75) is 44.3 Å². The van der Waals surface area contributed by atoms with Gasteiger partial charge in [0.1, 0.15) is 5.69 Å². The first-order valence-corrected chi connectivity index (χ1v) is 13.9. The van der Waals surface area contributed by atoms with E-state index in [2.05, 4.69) is 25.6 Å². The van der Waals surface area contributed by atoms with E-state index in [1.807, 2.05) is 0 Å². The fourth-order valence-corrected chi connectivity index (χ4v) is 5.31. The van der Waals surface area contributed by atoms with E-state index in [0.29, 0.717) is 53.5 Å². The average molecular weight is 629 g/mol.